The summed E-state index contributed by atoms with van der Waals surface area (Å²) in [6, 6.07) is 9.30. The Balaban J connectivity index is 2.31. The van der Waals surface area contributed by atoms with E-state index < -0.39 is 12.0 Å². The van der Waals surface area contributed by atoms with E-state index in [0.717, 1.165) is 12.2 Å². The molecule has 0 aliphatic carbocycles. The maximum atomic E-state index is 11.9. The number of hydrogen-bond donors (Lipinski definition) is 1. The van der Waals surface area contributed by atoms with Gasteiger partial charge in [-0.25, -0.2) is 4.79 Å². The summed E-state index contributed by atoms with van der Waals surface area (Å²) in [5.74, 6) is -0.192. The van der Waals surface area contributed by atoms with Crippen LogP contribution in [0.1, 0.15) is 26.2 Å². The third-order valence-corrected chi connectivity index (χ3v) is 4.18. The molecule has 0 aliphatic heterocycles. The van der Waals surface area contributed by atoms with Crippen LogP contribution in [0.5, 0.6) is 0 Å². The number of aliphatic carboxylic acids is 1. The molecule has 4 nitrogen and oxygen atoms in total. The molecule has 1 aromatic carbocycles. The van der Waals surface area contributed by atoms with Crippen LogP contribution in [0, 0.1) is 0 Å². The average Bonchev–Trinajstić information content (AvgIpc) is 2.44. The van der Waals surface area contributed by atoms with E-state index in [1.807, 2.05) is 30.3 Å². The Bertz CT molecular complexity index is 436. The van der Waals surface area contributed by atoms with Crippen molar-refractivity contribution in [3.63, 3.8) is 0 Å². The molecule has 1 atom stereocenters. The minimum Gasteiger partial charge on any atom is -0.480 e. The predicted octanol–water partition coefficient (Wildman–Crippen LogP) is 2.88. The summed E-state index contributed by atoms with van der Waals surface area (Å²) < 4.78 is 0. The number of likely N-dealkylation sites (N-methyl/N-ethyl adjacent to an activating group) is 1. The summed E-state index contributed by atoms with van der Waals surface area (Å²) in [6.45, 7) is 1.77. The van der Waals surface area contributed by atoms with Crippen molar-refractivity contribution in [3.05, 3.63) is 30.3 Å². The van der Waals surface area contributed by atoms with Gasteiger partial charge in [0.15, 0.2) is 0 Å². The third-order valence-electron chi connectivity index (χ3n) is 3.08. The molecule has 0 heterocycles. The Kier molecular flexibility index (Phi) is 7.15. The first-order valence-electron chi connectivity index (χ1n) is 6.72. The van der Waals surface area contributed by atoms with Gasteiger partial charge in [-0.15, -0.1) is 11.8 Å². The number of rotatable bonds is 8. The van der Waals surface area contributed by atoms with Gasteiger partial charge in [-0.05, 0) is 30.7 Å². The van der Waals surface area contributed by atoms with Gasteiger partial charge in [-0.2, -0.15) is 0 Å². The van der Waals surface area contributed by atoms with E-state index in [2.05, 4.69) is 0 Å². The number of carboxylic acid groups (broad SMARTS) is 1. The molecule has 0 bridgehead atoms. The second-order valence-electron chi connectivity index (χ2n) is 4.53. The van der Waals surface area contributed by atoms with Crippen molar-refractivity contribution in [1.29, 1.82) is 0 Å². The van der Waals surface area contributed by atoms with Crippen molar-refractivity contribution >= 4 is 23.6 Å². The van der Waals surface area contributed by atoms with E-state index in [4.69, 9.17) is 5.11 Å². The molecule has 0 radical (unpaired) electrons. The maximum absolute atomic E-state index is 11.9. The Labute approximate surface area is 124 Å². The lowest BCUT2D eigenvalue weighted by molar-refractivity contribution is -0.149. The van der Waals surface area contributed by atoms with Gasteiger partial charge in [0, 0.05) is 18.4 Å². The van der Waals surface area contributed by atoms with Gasteiger partial charge < -0.3 is 10.0 Å². The van der Waals surface area contributed by atoms with Crippen LogP contribution in [0.3, 0.4) is 0 Å². The number of carbonyl (C=O) groups excluding carboxylic acids is 1. The highest BCUT2D eigenvalue weighted by Crippen LogP contribution is 2.18. The Hall–Kier alpha value is -1.49. The van der Waals surface area contributed by atoms with Gasteiger partial charge in [-0.3, -0.25) is 4.79 Å². The molecule has 0 aromatic heterocycles. The minimum absolute atomic E-state index is 0.104. The van der Waals surface area contributed by atoms with E-state index in [1.165, 1.54) is 9.80 Å². The summed E-state index contributed by atoms with van der Waals surface area (Å²) in [6.07, 6.45) is 1.56. The Morgan fingerprint density at radius 1 is 1.30 bits per heavy atom. The molecule has 1 amide bonds. The molecule has 0 saturated carbocycles. The van der Waals surface area contributed by atoms with Crippen molar-refractivity contribution < 1.29 is 14.7 Å². The van der Waals surface area contributed by atoms with E-state index in [-0.39, 0.29) is 5.91 Å². The number of benzene rings is 1. The number of amides is 1. The fraction of sp³-hybridized carbons (Fsp3) is 0.467. The molecule has 1 N–H and O–H groups in total. The topological polar surface area (TPSA) is 57.6 Å². The summed E-state index contributed by atoms with van der Waals surface area (Å²) in [4.78, 5) is 25.4. The Morgan fingerprint density at radius 2 is 1.95 bits per heavy atom. The van der Waals surface area contributed by atoms with Crippen LogP contribution >= 0.6 is 11.8 Å². The van der Waals surface area contributed by atoms with Gasteiger partial charge >= 0.3 is 5.97 Å². The van der Waals surface area contributed by atoms with E-state index in [0.29, 0.717) is 12.8 Å². The van der Waals surface area contributed by atoms with Crippen molar-refractivity contribution in [3.8, 4) is 0 Å². The van der Waals surface area contributed by atoms with Crippen LogP contribution < -0.4 is 0 Å². The van der Waals surface area contributed by atoms with Crippen LogP contribution in [0.4, 0.5) is 0 Å². The lowest BCUT2D eigenvalue weighted by Gasteiger charge is -2.23. The van der Waals surface area contributed by atoms with Gasteiger partial charge in [-0.1, -0.05) is 25.1 Å². The predicted molar refractivity (Wildman–Crippen MR) is 80.9 cm³/mol. The van der Waals surface area contributed by atoms with Crippen LogP contribution in [0.15, 0.2) is 35.2 Å². The van der Waals surface area contributed by atoms with Gasteiger partial charge in [0.2, 0.25) is 5.91 Å². The van der Waals surface area contributed by atoms with E-state index in [1.54, 1.807) is 25.7 Å². The summed E-state index contributed by atoms with van der Waals surface area (Å²) in [5.41, 5.74) is 0. The molecule has 1 aromatic rings. The molecule has 20 heavy (non-hydrogen) atoms. The van der Waals surface area contributed by atoms with Crippen LogP contribution in [-0.4, -0.2) is 40.7 Å². The highest BCUT2D eigenvalue weighted by Gasteiger charge is 2.23. The van der Waals surface area contributed by atoms with Crippen molar-refractivity contribution in [2.45, 2.75) is 37.1 Å². The largest absolute Gasteiger partial charge is 0.480 e. The standard InChI is InChI=1S/C15H21NO3S/c1-3-13(15(18)19)16(2)14(17)10-7-11-20-12-8-5-4-6-9-12/h4-6,8-9,13H,3,7,10-11H2,1-2H3,(H,18,19). The summed E-state index contributed by atoms with van der Waals surface area (Å²) in [5, 5.41) is 9.01. The molecule has 5 heteroatoms. The third kappa shape index (κ3) is 5.25. The fourth-order valence-corrected chi connectivity index (χ4v) is 2.77. The average molecular weight is 295 g/mol. The first-order chi connectivity index (χ1) is 9.56. The van der Waals surface area contributed by atoms with Crippen molar-refractivity contribution in [1.82, 2.24) is 4.90 Å². The van der Waals surface area contributed by atoms with Crippen LogP contribution in [-0.2, 0) is 9.59 Å². The minimum atomic E-state index is -0.943. The molecule has 0 fully saturated rings. The molecule has 0 saturated heterocycles. The smallest absolute Gasteiger partial charge is 0.326 e. The number of thioether (sulfide) groups is 1. The number of hydrogen-bond acceptors (Lipinski definition) is 3. The van der Waals surface area contributed by atoms with E-state index >= 15 is 0 Å². The second kappa shape index (κ2) is 8.64. The first kappa shape index (κ1) is 16.6. The van der Waals surface area contributed by atoms with Crippen LogP contribution in [0.25, 0.3) is 0 Å². The summed E-state index contributed by atoms with van der Waals surface area (Å²) in [7, 11) is 1.56. The van der Waals surface area contributed by atoms with Crippen molar-refractivity contribution in [2.75, 3.05) is 12.8 Å². The number of carbonyl (C=O) groups is 2. The van der Waals surface area contributed by atoms with Crippen LogP contribution in [0.2, 0.25) is 0 Å². The maximum Gasteiger partial charge on any atom is 0.326 e. The zero-order valence-corrected chi connectivity index (χ0v) is 12.7. The van der Waals surface area contributed by atoms with Gasteiger partial charge in [0.05, 0.1) is 0 Å². The second-order valence-corrected chi connectivity index (χ2v) is 5.70. The molecule has 1 unspecified atom stereocenters. The van der Waals surface area contributed by atoms with E-state index in [9.17, 15) is 9.59 Å². The summed E-state index contributed by atoms with van der Waals surface area (Å²) >= 11 is 1.71. The highest BCUT2D eigenvalue weighted by molar-refractivity contribution is 7.99. The molecule has 0 aliphatic rings. The van der Waals surface area contributed by atoms with Crippen molar-refractivity contribution in [2.24, 2.45) is 0 Å². The van der Waals surface area contributed by atoms with Gasteiger partial charge in [0.1, 0.15) is 6.04 Å². The highest BCUT2D eigenvalue weighted by atomic mass is 32.2. The zero-order valence-electron chi connectivity index (χ0n) is 11.9. The molecule has 1 rings (SSSR count). The monoisotopic (exact) mass is 295 g/mol. The van der Waals surface area contributed by atoms with Gasteiger partial charge in [0.25, 0.3) is 0 Å². The molecular weight excluding hydrogens is 274 g/mol. The SMILES string of the molecule is CCC(C(=O)O)N(C)C(=O)CCCSc1ccccc1. The molecule has 0 spiro atoms. The number of carboxylic acids is 1. The first-order valence-corrected chi connectivity index (χ1v) is 7.71. The molecular formula is C15H21NO3S. The molecule has 110 valence electrons. The zero-order chi connectivity index (χ0) is 15.0. The fourth-order valence-electron chi connectivity index (χ4n) is 1.89. The number of nitrogens with zero attached hydrogens (tertiary/aromatic N) is 1. The lowest BCUT2D eigenvalue weighted by atomic mass is 10.2. The lowest BCUT2D eigenvalue weighted by Crippen LogP contribution is -2.41. The Morgan fingerprint density at radius 3 is 2.50 bits per heavy atom. The quantitative estimate of drug-likeness (QED) is 0.592. The normalized spacial score (nSPS) is 11.9.